The summed E-state index contributed by atoms with van der Waals surface area (Å²) in [4.78, 5) is 13.3. The Morgan fingerprint density at radius 2 is 2.04 bits per heavy atom. The number of thiophene rings is 1. The number of nitrogens with one attached hydrogen (secondary N) is 1. The van der Waals surface area contributed by atoms with Gasteiger partial charge in [0.2, 0.25) is 5.91 Å². The van der Waals surface area contributed by atoms with E-state index in [0.717, 1.165) is 29.8 Å². The van der Waals surface area contributed by atoms with Crippen LogP contribution in [-0.4, -0.2) is 15.7 Å². The van der Waals surface area contributed by atoms with Crippen molar-refractivity contribution in [2.24, 2.45) is 5.92 Å². The van der Waals surface area contributed by atoms with Crippen LogP contribution in [0, 0.1) is 11.7 Å². The zero-order valence-electron chi connectivity index (χ0n) is 12.9. The second-order valence-corrected chi connectivity index (χ2v) is 6.85. The highest BCUT2D eigenvalue weighted by Crippen LogP contribution is 2.31. The lowest BCUT2D eigenvalue weighted by molar-refractivity contribution is -0.122. The van der Waals surface area contributed by atoms with Crippen LogP contribution in [0.1, 0.15) is 19.3 Å². The molecule has 1 aromatic carbocycles. The Hall–Kier alpha value is -2.47. The van der Waals surface area contributed by atoms with E-state index in [0.29, 0.717) is 11.5 Å². The van der Waals surface area contributed by atoms with E-state index < -0.39 is 0 Å². The third-order valence-corrected chi connectivity index (χ3v) is 5.17. The van der Waals surface area contributed by atoms with Crippen LogP contribution in [0.5, 0.6) is 0 Å². The average Bonchev–Trinajstić information content (AvgIpc) is 3.15. The smallest absolute Gasteiger partial charge is 0.228 e. The summed E-state index contributed by atoms with van der Waals surface area (Å²) in [5.74, 6) is 0.431. The van der Waals surface area contributed by atoms with Gasteiger partial charge in [0.15, 0.2) is 0 Å². The predicted molar refractivity (Wildman–Crippen MR) is 92.8 cm³/mol. The zero-order chi connectivity index (χ0) is 16.5. The number of aromatic nitrogens is 2. The van der Waals surface area contributed by atoms with Crippen LogP contribution in [-0.2, 0) is 4.79 Å². The number of rotatable bonds is 4. The Morgan fingerprint density at radius 1 is 1.25 bits per heavy atom. The summed E-state index contributed by atoms with van der Waals surface area (Å²) < 4.78 is 14.9. The SMILES string of the molecule is O=C(Nc1cc(-c2cccs2)nn1-c1ccc(F)cc1)C1CCC1. The Morgan fingerprint density at radius 3 is 2.67 bits per heavy atom. The highest BCUT2D eigenvalue weighted by Gasteiger charge is 2.26. The second-order valence-electron chi connectivity index (χ2n) is 5.90. The van der Waals surface area contributed by atoms with E-state index in [1.54, 1.807) is 28.2 Å². The molecule has 1 fully saturated rings. The number of nitrogens with zero attached hydrogens (tertiary/aromatic N) is 2. The minimum absolute atomic E-state index is 0.0299. The molecule has 1 aliphatic carbocycles. The summed E-state index contributed by atoms with van der Waals surface area (Å²) >= 11 is 1.59. The van der Waals surface area contributed by atoms with Gasteiger partial charge in [0, 0.05) is 12.0 Å². The summed E-state index contributed by atoms with van der Waals surface area (Å²) in [5.41, 5.74) is 1.50. The maximum Gasteiger partial charge on any atom is 0.228 e. The van der Waals surface area contributed by atoms with Crippen molar-refractivity contribution in [3.05, 3.63) is 53.7 Å². The van der Waals surface area contributed by atoms with Gasteiger partial charge in [-0.25, -0.2) is 9.07 Å². The number of carbonyl (C=O) groups is 1. The molecule has 0 atom stereocenters. The van der Waals surface area contributed by atoms with Crippen molar-refractivity contribution in [3.8, 4) is 16.3 Å². The molecule has 4 rings (SSSR count). The lowest BCUT2D eigenvalue weighted by Crippen LogP contribution is -2.28. The van der Waals surface area contributed by atoms with Gasteiger partial charge in [-0.05, 0) is 48.6 Å². The first kappa shape index (κ1) is 15.1. The molecular weight excluding hydrogens is 325 g/mol. The molecule has 0 aliphatic heterocycles. The van der Waals surface area contributed by atoms with Crippen LogP contribution in [0.4, 0.5) is 10.2 Å². The average molecular weight is 341 g/mol. The minimum Gasteiger partial charge on any atom is -0.310 e. The van der Waals surface area contributed by atoms with Gasteiger partial charge in [-0.3, -0.25) is 4.79 Å². The first-order valence-corrected chi connectivity index (χ1v) is 8.79. The Kier molecular flexibility index (Phi) is 3.90. The summed E-state index contributed by atoms with van der Waals surface area (Å²) in [6.07, 6.45) is 2.98. The number of hydrogen-bond donors (Lipinski definition) is 1. The minimum atomic E-state index is -0.301. The Bertz CT molecular complexity index is 851. The number of hydrogen-bond acceptors (Lipinski definition) is 3. The molecule has 24 heavy (non-hydrogen) atoms. The Balaban J connectivity index is 1.71. The van der Waals surface area contributed by atoms with Gasteiger partial charge in [-0.2, -0.15) is 5.10 Å². The third-order valence-electron chi connectivity index (χ3n) is 4.28. The van der Waals surface area contributed by atoms with Gasteiger partial charge in [0.1, 0.15) is 17.3 Å². The quantitative estimate of drug-likeness (QED) is 0.760. The maximum atomic E-state index is 13.2. The molecule has 2 heterocycles. The largest absolute Gasteiger partial charge is 0.310 e. The van der Waals surface area contributed by atoms with E-state index in [9.17, 15) is 9.18 Å². The van der Waals surface area contributed by atoms with E-state index in [1.165, 1.54) is 12.1 Å². The summed E-state index contributed by atoms with van der Waals surface area (Å²) in [6, 6.07) is 11.9. The molecular formula is C18H16FN3OS. The van der Waals surface area contributed by atoms with Crippen molar-refractivity contribution in [1.29, 1.82) is 0 Å². The topological polar surface area (TPSA) is 46.9 Å². The molecule has 2 aromatic heterocycles. The van der Waals surface area contributed by atoms with E-state index in [-0.39, 0.29) is 17.6 Å². The van der Waals surface area contributed by atoms with Gasteiger partial charge in [-0.1, -0.05) is 12.5 Å². The molecule has 122 valence electrons. The van der Waals surface area contributed by atoms with Crippen molar-refractivity contribution in [3.63, 3.8) is 0 Å². The Labute approximate surface area is 142 Å². The van der Waals surface area contributed by atoms with Crippen LogP contribution in [0.2, 0.25) is 0 Å². The fourth-order valence-corrected chi connectivity index (χ4v) is 3.37. The molecule has 1 saturated carbocycles. The first-order valence-electron chi connectivity index (χ1n) is 7.91. The zero-order valence-corrected chi connectivity index (χ0v) is 13.7. The second kappa shape index (κ2) is 6.20. The number of benzene rings is 1. The van der Waals surface area contributed by atoms with Crippen LogP contribution >= 0.6 is 11.3 Å². The van der Waals surface area contributed by atoms with E-state index in [4.69, 9.17) is 0 Å². The fraction of sp³-hybridized carbons (Fsp3) is 0.222. The molecule has 0 bridgehead atoms. The van der Waals surface area contributed by atoms with Gasteiger partial charge >= 0.3 is 0 Å². The lowest BCUT2D eigenvalue weighted by atomic mass is 9.85. The van der Waals surface area contributed by atoms with Gasteiger partial charge in [-0.15, -0.1) is 11.3 Å². The highest BCUT2D eigenvalue weighted by atomic mass is 32.1. The van der Waals surface area contributed by atoms with Crippen LogP contribution in [0.15, 0.2) is 47.8 Å². The molecule has 3 aromatic rings. The molecule has 1 aliphatic rings. The van der Waals surface area contributed by atoms with Crippen LogP contribution in [0.3, 0.4) is 0 Å². The number of carbonyl (C=O) groups excluding carboxylic acids is 1. The number of halogens is 1. The molecule has 1 N–H and O–H groups in total. The van der Waals surface area contributed by atoms with E-state index in [1.807, 2.05) is 23.6 Å². The van der Waals surface area contributed by atoms with Gasteiger partial charge in [0.25, 0.3) is 0 Å². The normalized spacial score (nSPS) is 14.4. The summed E-state index contributed by atoms with van der Waals surface area (Å²) in [5, 5.41) is 9.56. The standard InChI is InChI=1S/C18H16FN3OS/c19-13-6-8-14(9-7-13)22-17(20-18(23)12-3-1-4-12)11-15(21-22)16-5-2-10-24-16/h2,5-12H,1,3-4H2,(H,20,23). The molecule has 0 saturated heterocycles. The van der Waals surface area contributed by atoms with Gasteiger partial charge in [0.05, 0.1) is 10.6 Å². The van der Waals surface area contributed by atoms with Crippen molar-refractivity contribution < 1.29 is 9.18 Å². The van der Waals surface area contributed by atoms with Crippen LogP contribution in [0.25, 0.3) is 16.3 Å². The van der Waals surface area contributed by atoms with Crippen molar-refractivity contribution in [2.45, 2.75) is 19.3 Å². The van der Waals surface area contributed by atoms with E-state index >= 15 is 0 Å². The van der Waals surface area contributed by atoms with Crippen molar-refractivity contribution in [1.82, 2.24) is 9.78 Å². The highest BCUT2D eigenvalue weighted by molar-refractivity contribution is 7.13. The monoisotopic (exact) mass is 341 g/mol. The number of anilines is 1. The predicted octanol–water partition coefficient (Wildman–Crippen LogP) is 4.48. The molecule has 4 nitrogen and oxygen atoms in total. The molecule has 1 amide bonds. The molecule has 6 heteroatoms. The first-order chi connectivity index (χ1) is 11.7. The maximum absolute atomic E-state index is 13.2. The lowest BCUT2D eigenvalue weighted by Gasteiger charge is -2.24. The fourth-order valence-electron chi connectivity index (χ4n) is 2.69. The third kappa shape index (κ3) is 2.85. The van der Waals surface area contributed by atoms with Gasteiger partial charge < -0.3 is 5.32 Å². The number of amides is 1. The molecule has 0 radical (unpaired) electrons. The van der Waals surface area contributed by atoms with Crippen molar-refractivity contribution in [2.75, 3.05) is 5.32 Å². The summed E-state index contributed by atoms with van der Waals surface area (Å²) in [6.45, 7) is 0. The molecule has 0 spiro atoms. The van der Waals surface area contributed by atoms with Crippen LogP contribution < -0.4 is 5.32 Å². The summed E-state index contributed by atoms with van der Waals surface area (Å²) in [7, 11) is 0. The van der Waals surface area contributed by atoms with E-state index in [2.05, 4.69) is 10.4 Å². The molecule has 0 unspecified atom stereocenters. The van der Waals surface area contributed by atoms with Crippen molar-refractivity contribution >= 4 is 23.1 Å².